The number of ether oxygens (including phenoxy) is 2. The molecule has 3 heterocycles. The van der Waals surface area contributed by atoms with Crippen LogP contribution in [0.15, 0.2) is 21.8 Å². The van der Waals surface area contributed by atoms with Crippen LogP contribution in [-0.4, -0.2) is 70.0 Å². The molecule has 6 nitrogen and oxygen atoms in total. The van der Waals surface area contributed by atoms with E-state index in [0.29, 0.717) is 12.0 Å². The van der Waals surface area contributed by atoms with E-state index in [4.69, 9.17) is 9.47 Å². The van der Waals surface area contributed by atoms with Crippen molar-refractivity contribution in [3.8, 4) is 0 Å². The molecule has 0 saturated carbocycles. The van der Waals surface area contributed by atoms with Crippen molar-refractivity contribution in [3.63, 3.8) is 0 Å². The molecule has 0 spiro atoms. The molecule has 2 fully saturated rings. The largest absolute Gasteiger partial charge is 0.381 e. The highest BCUT2D eigenvalue weighted by Crippen LogP contribution is 2.15. The summed E-state index contributed by atoms with van der Waals surface area (Å²) in [5, 5.41) is 11.4. The monoisotopic (exact) mass is 522 g/mol. The van der Waals surface area contributed by atoms with Crippen molar-refractivity contribution < 1.29 is 9.47 Å². The molecular weight excluding hydrogens is 487 g/mol. The number of guanidine groups is 1. The number of rotatable bonds is 9. The van der Waals surface area contributed by atoms with Crippen molar-refractivity contribution in [1.29, 1.82) is 0 Å². The van der Waals surface area contributed by atoms with Gasteiger partial charge in [0.25, 0.3) is 0 Å². The predicted molar refractivity (Wildman–Crippen MR) is 127 cm³/mol. The zero-order valence-corrected chi connectivity index (χ0v) is 20.0. The van der Waals surface area contributed by atoms with Crippen molar-refractivity contribution in [1.82, 2.24) is 15.5 Å². The topological polar surface area (TPSA) is 58.1 Å². The molecule has 2 aliphatic heterocycles. The lowest BCUT2D eigenvalue weighted by Crippen LogP contribution is -2.48. The van der Waals surface area contributed by atoms with Gasteiger partial charge < -0.3 is 20.1 Å². The first-order valence-corrected chi connectivity index (χ1v) is 11.1. The van der Waals surface area contributed by atoms with Gasteiger partial charge in [-0.2, -0.15) is 11.3 Å². The first kappa shape index (κ1) is 23.9. The number of halogens is 1. The number of thiophene rings is 1. The maximum absolute atomic E-state index is 5.75. The molecule has 28 heavy (non-hydrogen) atoms. The molecular formula is C20H35IN4O2S. The van der Waals surface area contributed by atoms with Crippen LogP contribution >= 0.6 is 35.3 Å². The van der Waals surface area contributed by atoms with E-state index in [1.54, 1.807) is 11.3 Å². The molecule has 8 heteroatoms. The number of nitrogens with zero attached hydrogens (tertiary/aromatic N) is 2. The van der Waals surface area contributed by atoms with Crippen molar-refractivity contribution in [2.24, 2.45) is 10.9 Å². The third-order valence-corrected chi connectivity index (χ3v) is 6.01. The maximum atomic E-state index is 5.75. The Kier molecular flexibility index (Phi) is 11.7. The summed E-state index contributed by atoms with van der Waals surface area (Å²) in [7, 11) is 1.84. The van der Waals surface area contributed by atoms with Gasteiger partial charge in [-0.15, -0.1) is 24.0 Å². The number of hydrogen-bond acceptors (Lipinski definition) is 5. The Morgan fingerprint density at radius 2 is 2.21 bits per heavy atom. The van der Waals surface area contributed by atoms with Crippen molar-refractivity contribution in [2.75, 3.05) is 53.1 Å². The summed E-state index contributed by atoms with van der Waals surface area (Å²) in [4.78, 5) is 6.91. The summed E-state index contributed by atoms with van der Waals surface area (Å²) >= 11 is 1.78. The second-order valence-corrected chi connectivity index (χ2v) is 8.26. The van der Waals surface area contributed by atoms with Crippen LogP contribution in [0.2, 0.25) is 0 Å². The molecule has 0 bridgehead atoms. The fourth-order valence-electron chi connectivity index (χ4n) is 3.61. The first-order valence-electron chi connectivity index (χ1n) is 10.2. The van der Waals surface area contributed by atoms with Gasteiger partial charge in [-0.1, -0.05) is 0 Å². The van der Waals surface area contributed by atoms with Crippen LogP contribution in [0.1, 0.15) is 31.2 Å². The summed E-state index contributed by atoms with van der Waals surface area (Å²) in [5.74, 6) is 1.51. The highest BCUT2D eigenvalue weighted by atomic mass is 127. The van der Waals surface area contributed by atoms with Gasteiger partial charge in [-0.25, -0.2) is 0 Å². The van der Waals surface area contributed by atoms with E-state index < -0.39 is 0 Å². The second-order valence-electron chi connectivity index (χ2n) is 7.48. The van der Waals surface area contributed by atoms with Crippen LogP contribution in [0.4, 0.5) is 0 Å². The number of piperidine rings is 1. The molecule has 0 aromatic carbocycles. The third-order valence-electron chi connectivity index (χ3n) is 5.27. The average Bonchev–Trinajstić information content (AvgIpc) is 3.39. The third kappa shape index (κ3) is 8.52. The van der Waals surface area contributed by atoms with Gasteiger partial charge >= 0.3 is 0 Å². The van der Waals surface area contributed by atoms with Gasteiger partial charge in [0.1, 0.15) is 0 Å². The molecule has 1 unspecified atom stereocenters. The van der Waals surface area contributed by atoms with Crippen LogP contribution in [0.3, 0.4) is 0 Å². The van der Waals surface area contributed by atoms with Crippen molar-refractivity contribution >= 4 is 41.3 Å². The Morgan fingerprint density at radius 3 is 2.89 bits per heavy atom. The van der Waals surface area contributed by atoms with Crippen LogP contribution in [0, 0.1) is 5.92 Å². The lowest BCUT2D eigenvalue weighted by Gasteiger charge is -2.32. The second kappa shape index (κ2) is 13.7. The average molecular weight is 522 g/mol. The highest BCUT2D eigenvalue weighted by Gasteiger charge is 2.20. The normalized spacial score (nSPS) is 21.5. The zero-order chi connectivity index (χ0) is 18.7. The fourth-order valence-corrected chi connectivity index (χ4v) is 4.27. The molecule has 1 aromatic rings. The van der Waals surface area contributed by atoms with Gasteiger partial charge in [0.2, 0.25) is 0 Å². The van der Waals surface area contributed by atoms with Crippen molar-refractivity contribution in [2.45, 2.75) is 38.3 Å². The Hall–Kier alpha value is -0.420. The molecule has 160 valence electrons. The SMILES string of the molecule is CN=C(NCCCOCC1CCOC1)NC1CCN(Cc2ccsc2)CC1.I. The molecule has 0 amide bonds. The Labute approximate surface area is 190 Å². The lowest BCUT2D eigenvalue weighted by molar-refractivity contribution is 0.0888. The number of aliphatic imine (C=N–C) groups is 1. The quantitative estimate of drug-likeness (QED) is 0.226. The molecule has 3 rings (SSSR count). The summed E-state index contributed by atoms with van der Waals surface area (Å²) in [6.07, 6.45) is 4.46. The van der Waals surface area contributed by atoms with Crippen molar-refractivity contribution in [3.05, 3.63) is 22.4 Å². The molecule has 1 atom stereocenters. The lowest BCUT2D eigenvalue weighted by atomic mass is 10.0. The minimum absolute atomic E-state index is 0. The van der Waals surface area contributed by atoms with E-state index in [-0.39, 0.29) is 24.0 Å². The van der Waals surface area contributed by atoms with Crippen LogP contribution in [-0.2, 0) is 16.0 Å². The van der Waals surface area contributed by atoms with Gasteiger partial charge in [-0.3, -0.25) is 9.89 Å². The number of likely N-dealkylation sites (tertiary alicyclic amines) is 1. The van der Waals surface area contributed by atoms with Crippen LogP contribution < -0.4 is 10.6 Å². The predicted octanol–water partition coefficient (Wildman–Crippen LogP) is 2.94. The van der Waals surface area contributed by atoms with Gasteiger partial charge in [0, 0.05) is 58.4 Å². The summed E-state index contributed by atoms with van der Waals surface area (Å²) < 4.78 is 11.1. The number of hydrogen-bond donors (Lipinski definition) is 2. The summed E-state index contributed by atoms with van der Waals surface area (Å²) in [5.41, 5.74) is 1.44. The Morgan fingerprint density at radius 1 is 1.36 bits per heavy atom. The van der Waals surface area contributed by atoms with Gasteiger partial charge in [0.05, 0.1) is 13.2 Å². The molecule has 1 aromatic heterocycles. The van der Waals surface area contributed by atoms with E-state index in [2.05, 4.69) is 37.4 Å². The first-order chi connectivity index (χ1) is 13.3. The molecule has 2 aliphatic rings. The zero-order valence-electron chi connectivity index (χ0n) is 16.9. The molecule has 2 N–H and O–H groups in total. The Bertz CT molecular complexity index is 544. The van der Waals surface area contributed by atoms with E-state index in [1.807, 2.05) is 7.05 Å². The Balaban J connectivity index is 0.00000280. The van der Waals surface area contributed by atoms with E-state index in [9.17, 15) is 0 Å². The molecule has 0 radical (unpaired) electrons. The molecule has 2 saturated heterocycles. The number of nitrogens with one attached hydrogen (secondary N) is 2. The minimum atomic E-state index is 0. The smallest absolute Gasteiger partial charge is 0.191 e. The highest BCUT2D eigenvalue weighted by molar-refractivity contribution is 14.0. The van der Waals surface area contributed by atoms with E-state index in [0.717, 1.165) is 84.2 Å². The van der Waals surface area contributed by atoms with Crippen LogP contribution in [0.5, 0.6) is 0 Å². The van der Waals surface area contributed by atoms with Gasteiger partial charge in [0.15, 0.2) is 5.96 Å². The molecule has 0 aliphatic carbocycles. The van der Waals surface area contributed by atoms with E-state index >= 15 is 0 Å². The summed E-state index contributed by atoms with van der Waals surface area (Å²) in [6, 6.07) is 2.74. The maximum Gasteiger partial charge on any atom is 0.191 e. The van der Waals surface area contributed by atoms with E-state index in [1.165, 1.54) is 5.56 Å². The fraction of sp³-hybridized carbons (Fsp3) is 0.750. The van der Waals surface area contributed by atoms with Gasteiger partial charge in [-0.05, 0) is 48.1 Å². The minimum Gasteiger partial charge on any atom is -0.381 e. The standard InChI is InChI=1S/C20H34N4O2S.HI/c1-21-20(22-7-2-10-25-14-18-5-11-26-15-18)23-19-3-8-24(9-4-19)13-17-6-12-27-16-17;/h6,12,16,18-19H,2-5,7-11,13-15H2,1H3,(H2,21,22,23);1H. The van der Waals surface area contributed by atoms with Crippen LogP contribution in [0.25, 0.3) is 0 Å². The summed E-state index contributed by atoms with van der Waals surface area (Å²) in [6.45, 7) is 7.63.